The van der Waals surface area contributed by atoms with E-state index in [-0.39, 0.29) is 5.92 Å². The summed E-state index contributed by atoms with van der Waals surface area (Å²) in [5.74, 6) is -0.246. The molecule has 1 aromatic heterocycles. The molecule has 23 heavy (non-hydrogen) atoms. The molecule has 2 unspecified atom stereocenters. The van der Waals surface area contributed by atoms with Gasteiger partial charge in [-0.1, -0.05) is 67.8 Å². The molecule has 122 valence electrons. The van der Waals surface area contributed by atoms with Crippen LogP contribution < -0.4 is 0 Å². The van der Waals surface area contributed by atoms with E-state index in [1.165, 1.54) is 0 Å². The van der Waals surface area contributed by atoms with Crippen molar-refractivity contribution in [2.75, 3.05) is 0 Å². The summed E-state index contributed by atoms with van der Waals surface area (Å²) < 4.78 is 0. The fraction of sp³-hybridized carbons (Fsp3) is 0.316. The summed E-state index contributed by atoms with van der Waals surface area (Å²) in [4.78, 5) is 4.14. The van der Waals surface area contributed by atoms with Crippen LogP contribution in [0.15, 0.2) is 54.9 Å². The quantitative estimate of drug-likeness (QED) is 0.674. The Kier molecular flexibility index (Phi) is 6.23. The summed E-state index contributed by atoms with van der Waals surface area (Å²) in [6.45, 7) is 4.06. The van der Waals surface area contributed by atoms with Gasteiger partial charge in [-0.25, -0.2) is 0 Å². The molecule has 1 heterocycles. The zero-order chi connectivity index (χ0) is 16.9. The average Bonchev–Trinajstić information content (AvgIpc) is 2.55. The van der Waals surface area contributed by atoms with Gasteiger partial charge in [-0.3, -0.25) is 4.98 Å². The van der Waals surface area contributed by atoms with Gasteiger partial charge in [0.25, 0.3) is 0 Å². The third kappa shape index (κ3) is 4.14. The van der Waals surface area contributed by atoms with Crippen LogP contribution in [0, 0.1) is 0 Å². The van der Waals surface area contributed by atoms with Gasteiger partial charge in [0, 0.05) is 33.9 Å². The Balaban J connectivity index is 2.48. The first-order valence-corrected chi connectivity index (χ1v) is 8.50. The van der Waals surface area contributed by atoms with E-state index in [2.05, 4.69) is 11.9 Å². The van der Waals surface area contributed by atoms with Crippen molar-refractivity contribution >= 4 is 23.2 Å². The molecule has 2 atom stereocenters. The summed E-state index contributed by atoms with van der Waals surface area (Å²) in [7, 11) is 0. The summed E-state index contributed by atoms with van der Waals surface area (Å²) in [5, 5.41) is 12.5. The lowest BCUT2D eigenvalue weighted by molar-refractivity contribution is 0.0633. The van der Waals surface area contributed by atoms with E-state index < -0.39 is 5.60 Å². The van der Waals surface area contributed by atoms with E-state index in [9.17, 15) is 5.11 Å². The highest BCUT2D eigenvalue weighted by molar-refractivity contribution is 6.35. The van der Waals surface area contributed by atoms with Gasteiger partial charge in [-0.15, -0.1) is 0 Å². The Bertz CT molecular complexity index is 672. The Morgan fingerprint density at radius 1 is 1.30 bits per heavy atom. The number of rotatable bonds is 6. The molecule has 0 fully saturated rings. The van der Waals surface area contributed by atoms with Gasteiger partial charge in [0.1, 0.15) is 5.60 Å². The first-order valence-electron chi connectivity index (χ1n) is 7.74. The Labute approximate surface area is 147 Å². The standard InChI is InChI=1S/C19H21Cl2NO/c1-3-4-5-10-19(23,15-7-6-11-22-13-15)14(2)17-9-8-16(20)12-18(17)21/h5-14,23H,3-4H2,1-2H3. The van der Waals surface area contributed by atoms with E-state index in [4.69, 9.17) is 23.2 Å². The molecule has 2 rings (SSSR count). The van der Waals surface area contributed by atoms with Crippen LogP contribution in [-0.4, -0.2) is 10.1 Å². The largest absolute Gasteiger partial charge is 0.380 e. The number of benzene rings is 1. The lowest BCUT2D eigenvalue weighted by atomic mass is 9.78. The zero-order valence-corrected chi connectivity index (χ0v) is 14.8. The lowest BCUT2D eigenvalue weighted by Crippen LogP contribution is -2.30. The van der Waals surface area contributed by atoms with Crippen LogP contribution >= 0.6 is 23.2 Å². The van der Waals surface area contributed by atoms with E-state index in [1.54, 1.807) is 24.5 Å². The molecule has 0 amide bonds. The SMILES string of the molecule is CCCC=CC(O)(c1cccnc1)C(C)c1ccc(Cl)cc1Cl. The van der Waals surface area contributed by atoms with Gasteiger partial charge in [0.05, 0.1) is 0 Å². The van der Waals surface area contributed by atoms with Gasteiger partial charge < -0.3 is 5.11 Å². The van der Waals surface area contributed by atoms with Gasteiger partial charge in [0.15, 0.2) is 0 Å². The highest BCUT2D eigenvalue weighted by Gasteiger charge is 2.35. The summed E-state index contributed by atoms with van der Waals surface area (Å²) >= 11 is 12.3. The summed E-state index contributed by atoms with van der Waals surface area (Å²) in [5.41, 5.74) is 0.412. The van der Waals surface area contributed by atoms with Crippen molar-refractivity contribution in [3.05, 3.63) is 76.0 Å². The van der Waals surface area contributed by atoms with E-state index in [1.807, 2.05) is 37.3 Å². The van der Waals surface area contributed by atoms with Crippen LogP contribution in [-0.2, 0) is 5.60 Å². The Morgan fingerprint density at radius 3 is 2.70 bits per heavy atom. The van der Waals surface area contributed by atoms with Crippen LogP contribution in [0.4, 0.5) is 0 Å². The minimum Gasteiger partial charge on any atom is -0.380 e. The fourth-order valence-corrected chi connectivity index (χ4v) is 3.18. The third-order valence-corrected chi connectivity index (χ3v) is 4.60. The number of hydrogen-bond acceptors (Lipinski definition) is 2. The molecule has 0 aliphatic carbocycles. The lowest BCUT2D eigenvalue weighted by Gasteiger charge is -2.32. The second-order valence-corrected chi connectivity index (χ2v) is 6.49. The molecular formula is C19H21Cl2NO. The Morgan fingerprint density at radius 2 is 2.09 bits per heavy atom. The van der Waals surface area contributed by atoms with Crippen molar-refractivity contribution in [3.8, 4) is 0 Å². The number of aromatic nitrogens is 1. The predicted molar refractivity (Wildman–Crippen MR) is 97.1 cm³/mol. The van der Waals surface area contributed by atoms with Gasteiger partial charge in [0.2, 0.25) is 0 Å². The molecule has 1 aromatic carbocycles. The minimum absolute atomic E-state index is 0.246. The van der Waals surface area contributed by atoms with Gasteiger partial charge in [-0.05, 0) is 30.2 Å². The van der Waals surface area contributed by atoms with Crippen molar-refractivity contribution < 1.29 is 5.11 Å². The molecule has 0 aliphatic heterocycles. The number of allylic oxidation sites excluding steroid dienone is 1. The van der Waals surface area contributed by atoms with Crippen LogP contribution in [0.3, 0.4) is 0 Å². The number of pyridine rings is 1. The van der Waals surface area contributed by atoms with Crippen LogP contribution in [0.1, 0.15) is 43.7 Å². The molecule has 0 saturated heterocycles. The fourth-order valence-electron chi connectivity index (χ4n) is 2.61. The summed E-state index contributed by atoms with van der Waals surface area (Å²) in [6, 6.07) is 9.06. The highest BCUT2D eigenvalue weighted by atomic mass is 35.5. The van der Waals surface area contributed by atoms with E-state index in [0.717, 1.165) is 24.0 Å². The maximum absolute atomic E-state index is 11.4. The van der Waals surface area contributed by atoms with Crippen molar-refractivity contribution in [3.63, 3.8) is 0 Å². The van der Waals surface area contributed by atoms with E-state index in [0.29, 0.717) is 10.0 Å². The van der Waals surface area contributed by atoms with Crippen molar-refractivity contribution in [1.29, 1.82) is 0 Å². The van der Waals surface area contributed by atoms with E-state index >= 15 is 0 Å². The van der Waals surface area contributed by atoms with Crippen LogP contribution in [0.2, 0.25) is 10.0 Å². The normalized spacial score (nSPS) is 15.5. The number of unbranched alkanes of at least 4 members (excludes halogenated alkanes) is 1. The molecule has 2 aromatic rings. The average molecular weight is 350 g/mol. The zero-order valence-electron chi connectivity index (χ0n) is 13.3. The molecule has 0 aliphatic rings. The van der Waals surface area contributed by atoms with Gasteiger partial charge >= 0.3 is 0 Å². The molecule has 4 heteroatoms. The van der Waals surface area contributed by atoms with Crippen molar-refractivity contribution in [2.45, 2.75) is 38.2 Å². The molecule has 1 N–H and O–H groups in total. The monoisotopic (exact) mass is 349 g/mol. The summed E-state index contributed by atoms with van der Waals surface area (Å²) in [6.07, 6.45) is 9.17. The van der Waals surface area contributed by atoms with Crippen LogP contribution in [0.5, 0.6) is 0 Å². The first kappa shape index (κ1) is 18.0. The van der Waals surface area contributed by atoms with Crippen molar-refractivity contribution in [2.24, 2.45) is 0 Å². The molecule has 0 bridgehead atoms. The molecular weight excluding hydrogens is 329 g/mol. The predicted octanol–water partition coefficient (Wildman–Crippen LogP) is 5.74. The Hall–Kier alpha value is -1.35. The first-order chi connectivity index (χ1) is 11.0. The number of aliphatic hydroxyl groups is 1. The minimum atomic E-state index is -1.18. The maximum Gasteiger partial charge on any atom is 0.116 e. The number of halogens is 2. The van der Waals surface area contributed by atoms with Crippen LogP contribution in [0.25, 0.3) is 0 Å². The number of hydrogen-bond donors (Lipinski definition) is 1. The number of nitrogens with zero attached hydrogens (tertiary/aromatic N) is 1. The molecule has 0 spiro atoms. The molecule has 2 nitrogen and oxygen atoms in total. The van der Waals surface area contributed by atoms with Crippen molar-refractivity contribution in [1.82, 2.24) is 4.98 Å². The highest BCUT2D eigenvalue weighted by Crippen LogP contribution is 2.41. The van der Waals surface area contributed by atoms with Gasteiger partial charge in [-0.2, -0.15) is 0 Å². The molecule has 0 radical (unpaired) electrons. The topological polar surface area (TPSA) is 33.1 Å². The smallest absolute Gasteiger partial charge is 0.116 e. The molecule has 0 saturated carbocycles. The second kappa shape index (κ2) is 7.96. The third-order valence-electron chi connectivity index (χ3n) is 4.04. The second-order valence-electron chi connectivity index (χ2n) is 5.65. The maximum atomic E-state index is 11.4.